The lowest BCUT2D eigenvalue weighted by molar-refractivity contribution is -0.143. The molecule has 13 nitrogen and oxygen atoms in total. The molecule has 0 aliphatic rings. The summed E-state index contributed by atoms with van der Waals surface area (Å²) >= 11 is 1.36. The zero-order valence-corrected chi connectivity index (χ0v) is 16.6. The van der Waals surface area contributed by atoms with Gasteiger partial charge in [0.1, 0.15) is 18.1 Å². The van der Waals surface area contributed by atoms with Gasteiger partial charge >= 0.3 is 5.97 Å². The molecule has 29 heavy (non-hydrogen) atoms. The Bertz CT molecular complexity index is 605. The smallest absolute Gasteiger partial charge is 0.328 e. The molecular weight excluding hydrogens is 410 g/mol. The van der Waals surface area contributed by atoms with E-state index in [1.807, 2.05) is 0 Å². The van der Waals surface area contributed by atoms with Gasteiger partial charge < -0.3 is 42.7 Å². The topological polar surface area (TPSA) is 234 Å². The van der Waals surface area contributed by atoms with Gasteiger partial charge in [-0.05, 0) is 18.4 Å². The standard InChI is InChI=1S/C15H27N5O8S/c1-29-3-2-8(13(25)20-10(6-22)15(27)28)18-14(26)9(5-21)19-12(24)7(16)4-11(17)23/h7-10,21-22H,2-6,16H2,1H3,(H2,17,23)(H,18,26)(H,19,24)(H,20,25)(H,27,28). The molecule has 0 saturated heterocycles. The van der Waals surface area contributed by atoms with Gasteiger partial charge in [-0.2, -0.15) is 11.8 Å². The lowest BCUT2D eigenvalue weighted by Crippen LogP contribution is -2.58. The number of carboxylic acid groups (broad SMARTS) is 1. The Morgan fingerprint density at radius 2 is 1.38 bits per heavy atom. The summed E-state index contributed by atoms with van der Waals surface area (Å²) in [6, 6.07) is -5.55. The Hall–Kier alpha value is -2.42. The molecule has 14 heteroatoms. The van der Waals surface area contributed by atoms with Gasteiger partial charge in [0, 0.05) is 0 Å². The molecule has 0 rings (SSSR count). The second kappa shape index (κ2) is 13.7. The molecule has 4 amide bonds. The number of rotatable bonds is 14. The first kappa shape index (κ1) is 26.6. The molecule has 0 aliphatic carbocycles. The van der Waals surface area contributed by atoms with Crippen LogP contribution in [-0.4, -0.2) is 94.3 Å². The molecule has 0 heterocycles. The van der Waals surface area contributed by atoms with Crippen molar-refractivity contribution in [3.63, 3.8) is 0 Å². The SMILES string of the molecule is CSCCC(NC(=O)C(CO)NC(=O)C(N)CC(N)=O)C(=O)NC(CO)C(=O)O. The highest BCUT2D eigenvalue weighted by molar-refractivity contribution is 7.98. The summed E-state index contributed by atoms with van der Waals surface area (Å²) in [4.78, 5) is 58.3. The fourth-order valence-electron chi connectivity index (χ4n) is 2.02. The van der Waals surface area contributed by atoms with Gasteiger partial charge in [-0.15, -0.1) is 0 Å². The maximum Gasteiger partial charge on any atom is 0.328 e. The summed E-state index contributed by atoms with van der Waals surface area (Å²) in [6.45, 7) is -1.68. The fraction of sp³-hybridized carbons (Fsp3) is 0.667. The van der Waals surface area contributed by atoms with Crippen molar-refractivity contribution in [3.8, 4) is 0 Å². The van der Waals surface area contributed by atoms with Crippen molar-refractivity contribution in [1.29, 1.82) is 0 Å². The van der Waals surface area contributed by atoms with Crippen molar-refractivity contribution in [1.82, 2.24) is 16.0 Å². The normalized spacial score (nSPS) is 14.8. The van der Waals surface area contributed by atoms with E-state index in [9.17, 15) is 29.1 Å². The first-order valence-electron chi connectivity index (χ1n) is 8.45. The molecule has 4 unspecified atom stereocenters. The van der Waals surface area contributed by atoms with Crippen LogP contribution in [0.2, 0.25) is 0 Å². The number of hydrogen-bond acceptors (Lipinski definition) is 9. The third kappa shape index (κ3) is 10.1. The first-order chi connectivity index (χ1) is 13.6. The number of nitrogens with one attached hydrogen (secondary N) is 3. The average molecular weight is 437 g/mol. The molecule has 0 spiro atoms. The molecule has 0 aromatic rings. The van der Waals surface area contributed by atoms with Gasteiger partial charge in [0.25, 0.3) is 0 Å². The van der Waals surface area contributed by atoms with E-state index in [1.165, 1.54) is 11.8 Å². The van der Waals surface area contributed by atoms with Crippen LogP contribution in [0.15, 0.2) is 0 Å². The predicted molar refractivity (Wildman–Crippen MR) is 102 cm³/mol. The minimum atomic E-state index is -1.56. The Labute approximate surface area is 170 Å². The molecule has 166 valence electrons. The maximum absolute atomic E-state index is 12.4. The summed E-state index contributed by atoms with van der Waals surface area (Å²) < 4.78 is 0. The minimum absolute atomic E-state index is 0.115. The number of primary amides is 1. The summed E-state index contributed by atoms with van der Waals surface area (Å²) in [5.74, 6) is -4.56. The maximum atomic E-state index is 12.4. The Balaban J connectivity index is 5.11. The molecule has 0 radical (unpaired) electrons. The molecule has 0 fully saturated rings. The van der Waals surface area contributed by atoms with Crippen LogP contribution in [-0.2, 0) is 24.0 Å². The number of aliphatic hydroxyl groups is 2. The van der Waals surface area contributed by atoms with Crippen molar-refractivity contribution in [2.75, 3.05) is 25.2 Å². The third-order valence-corrected chi connectivity index (χ3v) is 4.26. The van der Waals surface area contributed by atoms with Crippen molar-refractivity contribution in [2.24, 2.45) is 11.5 Å². The van der Waals surface area contributed by atoms with Crippen LogP contribution >= 0.6 is 11.8 Å². The summed E-state index contributed by atoms with van der Waals surface area (Å²) in [5.41, 5.74) is 10.4. The van der Waals surface area contributed by atoms with Crippen LogP contribution < -0.4 is 27.4 Å². The van der Waals surface area contributed by atoms with Crippen molar-refractivity contribution < 1.29 is 39.3 Å². The highest BCUT2D eigenvalue weighted by Gasteiger charge is 2.29. The second-order valence-corrected chi connectivity index (χ2v) is 6.93. The molecule has 4 atom stereocenters. The van der Waals surface area contributed by atoms with Crippen LogP contribution in [0.1, 0.15) is 12.8 Å². The van der Waals surface area contributed by atoms with E-state index in [-0.39, 0.29) is 6.42 Å². The number of carbonyl (C=O) groups excluding carboxylic acids is 4. The van der Waals surface area contributed by atoms with Gasteiger partial charge in [0.05, 0.1) is 25.7 Å². The van der Waals surface area contributed by atoms with E-state index in [0.29, 0.717) is 5.75 Å². The monoisotopic (exact) mass is 437 g/mol. The lowest BCUT2D eigenvalue weighted by atomic mass is 10.1. The molecule has 0 aromatic carbocycles. The Kier molecular flexibility index (Phi) is 12.6. The van der Waals surface area contributed by atoms with Crippen molar-refractivity contribution >= 4 is 41.4 Å². The minimum Gasteiger partial charge on any atom is -0.480 e. The largest absolute Gasteiger partial charge is 0.480 e. The molecule has 0 bridgehead atoms. The number of amides is 4. The van der Waals surface area contributed by atoms with Crippen LogP contribution in [0, 0.1) is 0 Å². The van der Waals surface area contributed by atoms with Crippen molar-refractivity contribution in [3.05, 3.63) is 0 Å². The molecule has 0 aliphatic heterocycles. The van der Waals surface area contributed by atoms with Crippen LogP contribution in [0.3, 0.4) is 0 Å². The number of nitrogens with two attached hydrogens (primary N) is 2. The van der Waals surface area contributed by atoms with Gasteiger partial charge in [-0.1, -0.05) is 0 Å². The van der Waals surface area contributed by atoms with Gasteiger partial charge in [-0.25, -0.2) is 4.79 Å². The Morgan fingerprint density at radius 3 is 1.83 bits per heavy atom. The number of aliphatic carboxylic acids is 1. The van der Waals surface area contributed by atoms with E-state index in [1.54, 1.807) is 6.26 Å². The highest BCUT2D eigenvalue weighted by atomic mass is 32.2. The van der Waals surface area contributed by atoms with Crippen LogP contribution in [0.25, 0.3) is 0 Å². The zero-order chi connectivity index (χ0) is 22.6. The lowest BCUT2D eigenvalue weighted by Gasteiger charge is -2.23. The number of hydrogen-bond donors (Lipinski definition) is 8. The number of carboxylic acids is 1. The molecule has 0 aromatic heterocycles. The number of thioether (sulfide) groups is 1. The third-order valence-electron chi connectivity index (χ3n) is 3.61. The van der Waals surface area contributed by atoms with E-state index >= 15 is 0 Å². The first-order valence-corrected chi connectivity index (χ1v) is 9.85. The number of aliphatic hydroxyl groups excluding tert-OH is 2. The van der Waals surface area contributed by atoms with E-state index in [0.717, 1.165) is 0 Å². The summed E-state index contributed by atoms with van der Waals surface area (Å²) in [7, 11) is 0. The predicted octanol–water partition coefficient (Wildman–Crippen LogP) is -4.53. The van der Waals surface area contributed by atoms with E-state index in [4.69, 9.17) is 21.7 Å². The molecule has 0 saturated carbocycles. The Morgan fingerprint density at radius 1 is 0.897 bits per heavy atom. The van der Waals surface area contributed by atoms with Gasteiger partial charge in [-0.3, -0.25) is 19.2 Å². The quantitative estimate of drug-likeness (QED) is 0.130. The van der Waals surface area contributed by atoms with Gasteiger partial charge in [0.2, 0.25) is 23.6 Å². The molecule has 10 N–H and O–H groups in total. The fourth-order valence-corrected chi connectivity index (χ4v) is 2.49. The zero-order valence-electron chi connectivity index (χ0n) is 15.8. The average Bonchev–Trinajstić information content (AvgIpc) is 2.65. The summed E-state index contributed by atoms with van der Waals surface area (Å²) in [5, 5.41) is 33.8. The second-order valence-electron chi connectivity index (χ2n) is 5.95. The van der Waals surface area contributed by atoms with E-state index in [2.05, 4.69) is 16.0 Å². The summed E-state index contributed by atoms with van der Waals surface area (Å²) in [6.07, 6.45) is 1.40. The molecular formula is C15H27N5O8S. The van der Waals surface area contributed by atoms with Crippen molar-refractivity contribution in [2.45, 2.75) is 37.0 Å². The van der Waals surface area contributed by atoms with E-state index < -0.39 is 73.4 Å². The van der Waals surface area contributed by atoms with Crippen LogP contribution in [0.5, 0.6) is 0 Å². The number of carbonyl (C=O) groups is 5. The van der Waals surface area contributed by atoms with Gasteiger partial charge in [0.15, 0.2) is 0 Å². The van der Waals surface area contributed by atoms with Crippen LogP contribution in [0.4, 0.5) is 0 Å². The highest BCUT2D eigenvalue weighted by Crippen LogP contribution is 2.03.